The van der Waals surface area contributed by atoms with Crippen molar-refractivity contribution in [3.63, 3.8) is 0 Å². The van der Waals surface area contributed by atoms with Crippen molar-refractivity contribution in [2.75, 3.05) is 11.9 Å². The fourth-order valence-corrected chi connectivity index (χ4v) is 1.41. The highest BCUT2D eigenvalue weighted by molar-refractivity contribution is 5.98. The lowest BCUT2D eigenvalue weighted by Gasteiger charge is -2.22. The third-order valence-corrected chi connectivity index (χ3v) is 2.98. The molecule has 1 atom stereocenters. The van der Waals surface area contributed by atoms with E-state index in [9.17, 15) is 4.79 Å². The molecule has 0 fully saturated rings. The molecule has 1 rings (SSSR count). The van der Waals surface area contributed by atoms with Crippen molar-refractivity contribution in [2.45, 2.75) is 39.3 Å². The van der Waals surface area contributed by atoms with Crippen LogP contribution in [0.3, 0.4) is 0 Å². The zero-order valence-corrected chi connectivity index (χ0v) is 11.3. The Morgan fingerprint density at radius 3 is 2.67 bits per heavy atom. The molecule has 0 aliphatic carbocycles. The summed E-state index contributed by atoms with van der Waals surface area (Å²) in [7, 11) is 0. The Hall–Kier alpha value is -1.39. The van der Waals surface area contributed by atoms with E-state index in [1.165, 1.54) is 0 Å². The molecule has 1 aromatic carbocycles. The summed E-state index contributed by atoms with van der Waals surface area (Å²) in [6.45, 7) is 6.70. The molecule has 100 valence electrons. The Balaban J connectivity index is 2.81. The summed E-state index contributed by atoms with van der Waals surface area (Å²) in [5.74, 6) is -0.172. The van der Waals surface area contributed by atoms with Crippen LogP contribution >= 0.6 is 0 Å². The highest BCUT2D eigenvalue weighted by Crippen LogP contribution is 2.18. The lowest BCUT2D eigenvalue weighted by atomic mass is 9.99. The minimum absolute atomic E-state index is 0.172. The molecule has 0 saturated carbocycles. The van der Waals surface area contributed by atoms with Crippen molar-refractivity contribution < 1.29 is 9.53 Å². The van der Waals surface area contributed by atoms with E-state index in [1.54, 1.807) is 6.92 Å². The third-order valence-electron chi connectivity index (χ3n) is 2.98. The van der Waals surface area contributed by atoms with Gasteiger partial charge in [0.2, 0.25) is 5.91 Å². The van der Waals surface area contributed by atoms with E-state index in [0.717, 1.165) is 11.3 Å². The van der Waals surface area contributed by atoms with E-state index in [0.29, 0.717) is 19.6 Å². The molecular formula is C14H22N2O2. The van der Waals surface area contributed by atoms with Gasteiger partial charge in [-0.25, -0.2) is 0 Å². The molecule has 18 heavy (non-hydrogen) atoms. The van der Waals surface area contributed by atoms with Gasteiger partial charge in [0.15, 0.2) is 0 Å². The summed E-state index contributed by atoms with van der Waals surface area (Å²) < 4.78 is 5.37. The SMILES string of the molecule is CCOCc1ccccc1NC(=O)C(C)(N)CC. The van der Waals surface area contributed by atoms with Crippen molar-refractivity contribution in [1.82, 2.24) is 0 Å². The number of rotatable bonds is 6. The van der Waals surface area contributed by atoms with Crippen molar-refractivity contribution in [3.8, 4) is 0 Å². The Morgan fingerprint density at radius 2 is 2.06 bits per heavy atom. The second-order valence-corrected chi connectivity index (χ2v) is 4.52. The molecule has 0 aromatic heterocycles. The molecule has 0 aliphatic heterocycles. The zero-order valence-electron chi connectivity index (χ0n) is 11.3. The Labute approximate surface area is 109 Å². The molecular weight excluding hydrogens is 228 g/mol. The second kappa shape index (κ2) is 6.52. The van der Waals surface area contributed by atoms with Crippen molar-refractivity contribution in [2.24, 2.45) is 5.73 Å². The summed E-state index contributed by atoms with van der Waals surface area (Å²) in [4.78, 5) is 12.0. The quantitative estimate of drug-likeness (QED) is 0.814. The normalized spacial score (nSPS) is 14.0. The number of carbonyl (C=O) groups is 1. The summed E-state index contributed by atoms with van der Waals surface area (Å²) in [6, 6.07) is 7.60. The number of nitrogens with one attached hydrogen (secondary N) is 1. The second-order valence-electron chi connectivity index (χ2n) is 4.52. The van der Waals surface area contributed by atoms with Crippen LogP contribution in [0.15, 0.2) is 24.3 Å². The molecule has 0 saturated heterocycles. The van der Waals surface area contributed by atoms with E-state index < -0.39 is 5.54 Å². The van der Waals surface area contributed by atoms with Gasteiger partial charge in [-0.05, 0) is 26.3 Å². The predicted molar refractivity (Wildman–Crippen MR) is 73.3 cm³/mol. The van der Waals surface area contributed by atoms with E-state index in [1.807, 2.05) is 38.1 Å². The lowest BCUT2D eigenvalue weighted by Crippen LogP contribution is -2.47. The molecule has 0 spiro atoms. The van der Waals surface area contributed by atoms with Gasteiger partial charge in [0.1, 0.15) is 0 Å². The van der Waals surface area contributed by atoms with Crippen LogP contribution in [0, 0.1) is 0 Å². The monoisotopic (exact) mass is 250 g/mol. The van der Waals surface area contributed by atoms with Crippen molar-refractivity contribution >= 4 is 11.6 Å². The van der Waals surface area contributed by atoms with Gasteiger partial charge in [-0.3, -0.25) is 4.79 Å². The van der Waals surface area contributed by atoms with Gasteiger partial charge in [-0.2, -0.15) is 0 Å². The first-order chi connectivity index (χ1) is 8.51. The van der Waals surface area contributed by atoms with Gasteiger partial charge in [0.05, 0.1) is 12.1 Å². The highest BCUT2D eigenvalue weighted by atomic mass is 16.5. The van der Waals surface area contributed by atoms with Gasteiger partial charge < -0.3 is 15.8 Å². The predicted octanol–water partition coefficient (Wildman–Crippen LogP) is 2.29. The number of hydrogen-bond acceptors (Lipinski definition) is 3. The minimum Gasteiger partial charge on any atom is -0.377 e. The molecule has 4 nitrogen and oxygen atoms in total. The van der Waals surface area contributed by atoms with Crippen LogP contribution in [-0.4, -0.2) is 18.1 Å². The number of hydrogen-bond donors (Lipinski definition) is 2. The number of nitrogens with two attached hydrogens (primary N) is 1. The number of para-hydroxylation sites is 1. The lowest BCUT2D eigenvalue weighted by molar-refractivity contribution is -0.120. The van der Waals surface area contributed by atoms with Crippen molar-refractivity contribution in [1.29, 1.82) is 0 Å². The molecule has 1 unspecified atom stereocenters. The molecule has 4 heteroatoms. The fraction of sp³-hybridized carbons (Fsp3) is 0.500. The average Bonchev–Trinajstić information content (AvgIpc) is 2.37. The van der Waals surface area contributed by atoms with Crippen LogP contribution < -0.4 is 11.1 Å². The number of carbonyl (C=O) groups excluding carboxylic acids is 1. The maximum atomic E-state index is 12.0. The summed E-state index contributed by atoms with van der Waals surface area (Å²) in [5.41, 5.74) is 6.79. The van der Waals surface area contributed by atoms with Crippen LogP contribution in [0.4, 0.5) is 5.69 Å². The van der Waals surface area contributed by atoms with E-state index in [-0.39, 0.29) is 5.91 Å². The Morgan fingerprint density at radius 1 is 1.39 bits per heavy atom. The summed E-state index contributed by atoms with van der Waals surface area (Å²) in [5, 5.41) is 2.87. The Bertz CT molecular complexity index is 403. The topological polar surface area (TPSA) is 64.3 Å². The molecule has 1 amide bonds. The highest BCUT2D eigenvalue weighted by Gasteiger charge is 2.26. The number of amides is 1. The van der Waals surface area contributed by atoms with Crippen LogP contribution in [0.1, 0.15) is 32.8 Å². The van der Waals surface area contributed by atoms with Crippen molar-refractivity contribution in [3.05, 3.63) is 29.8 Å². The first-order valence-corrected chi connectivity index (χ1v) is 6.27. The molecule has 0 radical (unpaired) electrons. The third kappa shape index (κ3) is 3.82. The van der Waals surface area contributed by atoms with Crippen LogP contribution in [0.2, 0.25) is 0 Å². The van der Waals surface area contributed by atoms with Gasteiger partial charge in [0.25, 0.3) is 0 Å². The molecule has 1 aromatic rings. The summed E-state index contributed by atoms with van der Waals surface area (Å²) in [6.07, 6.45) is 0.590. The minimum atomic E-state index is -0.848. The average molecular weight is 250 g/mol. The number of benzene rings is 1. The van der Waals surface area contributed by atoms with E-state index in [4.69, 9.17) is 10.5 Å². The van der Waals surface area contributed by atoms with Crippen LogP contribution in [0.5, 0.6) is 0 Å². The van der Waals surface area contributed by atoms with Crippen LogP contribution in [0.25, 0.3) is 0 Å². The number of ether oxygens (including phenoxy) is 1. The fourth-order valence-electron chi connectivity index (χ4n) is 1.41. The van der Waals surface area contributed by atoms with E-state index >= 15 is 0 Å². The first-order valence-electron chi connectivity index (χ1n) is 6.27. The molecule has 0 heterocycles. The Kier molecular flexibility index (Phi) is 5.31. The maximum Gasteiger partial charge on any atom is 0.244 e. The van der Waals surface area contributed by atoms with Gasteiger partial charge in [-0.1, -0.05) is 25.1 Å². The van der Waals surface area contributed by atoms with Crippen LogP contribution in [-0.2, 0) is 16.1 Å². The largest absolute Gasteiger partial charge is 0.377 e. The smallest absolute Gasteiger partial charge is 0.244 e. The van der Waals surface area contributed by atoms with Gasteiger partial charge in [0, 0.05) is 17.9 Å². The van der Waals surface area contributed by atoms with Gasteiger partial charge in [-0.15, -0.1) is 0 Å². The molecule has 0 bridgehead atoms. The first kappa shape index (κ1) is 14.7. The maximum absolute atomic E-state index is 12.0. The van der Waals surface area contributed by atoms with Gasteiger partial charge >= 0.3 is 0 Å². The summed E-state index contributed by atoms with van der Waals surface area (Å²) >= 11 is 0. The molecule has 0 aliphatic rings. The standard InChI is InChI=1S/C14H22N2O2/c1-4-14(3,15)13(17)16-12-9-7-6-8-11(12)10-18-5-2/h6-9H,4-5,10,15H2,1-3H3,(H,16,17). The van der Waals surface area contributed by atoms with E-state index in [2.05, 4.69) is 5.32 Å². The zero-order chi connectivity index (χ0) is 13.6. The molecule has 3 N–H and O–H groups in total. The number of anilines is 1.